The lowest BCUT2D eigenvalue weighted by molar-refractivity contribution is 0.754. The molecule has 0 spiro atoms. The lowest BCUT2D eigenvalue weighted by atomic mass is 10.2. The summed E-state index contributed by atoms with van der Waals surface area (Å²) >= 11 is 8.22. The van der Waals surface area contributed by atoms with Crippen molar-refractivity contribution in [3.05, 3.63) is 33.6 Å². The Morgan fingerprint density at radius 1 is 1.21 bits per heavy atom. The van der Waals surface area contributed by atoms with Crippen LogP contribution in [0.4, 0.5) is 0 Å². The molecule has 0 fully saturated rings. The molecule has 3 rings (SSSR count). The van der Waals surface area contributed by atoms with Gasteiger partial charge in [-0.3, -0.25) is 4.98 Å². The molecule has 7 heteroatoms. The van der Waals surface area contributed by atoms with E-state index in [2.05, 4.69) is 42.5 Å². The SMILES string of the molecule is CCn1c(I)nc2c(-c3ccncc3)nc(Cl)nc21. The lowest BCUT2D eigenvalue weighted by Crippen LogP contribution is -1.99. The van der Waals surface area contributed by atoms with Crippen LogP contribution in [0, 0.1) is 3.83 Å². The first-order chi connectivity index (χ1) is 9.20. The number of hydrogen-bond donors (Lipinski definition) is 0. The summed E-state index contributed by atoms with van der Waals surface area (Å²) in [4.78, 5) is 17.2. The third kappa shape index (κ3) is 2.18. The predicted octanol–water partition coefficient (Wildman–Crippen LogP) is 3.17. The Hall–Kier alpha value is -1.28. The van der Waals surface area contributed by atoms with Crippen LogP contribution in [0.2, 0.25) is 5.28 Å². The number of hydrogen-bond acceptors (Lipinski definition) is 4. The van der Waals surface area contributed by atoms with Crippen LogP contribution in [0.15, 0.2) is 24.5 Å². The number of nitrogens with zero attached hydrogens (tertiary/aromatic N) is 5. The van der Waals surface area contributed by atoms with Crippen LogP contribution in [0.3, 0.4) is 0 Å². The van der Waals surface area contributed by atoms with Gasteiger partial charge in [0, 0.05) is 47.1 Å². The molecule has 0 aliphatic heterocycles. The van der Waals surface area contributed by atoms with Crippen LogP contribution < -0.4 is 0 Å². The fraction of sp³-hybridized carbons (Fsp3) is 0.167. The van der Waals surface area contributed by atoms with Gasteiger partial charge in [-0.15, -0.1) is 0 Å². The molecular weight excluding hydrogens is 377 g/mol. The molecule has 19 heavy (non-hydrogen) atoms. The maximum Gasteiger partial charge on any atom is 0.225 e. The molecule has 0 amide bonds. The smallest absolute Gasteiger partial charge is 0.225 e. The van der Waals surface area contributed by atoms with E-state index in [4.69, 9.17) is 11.6 Å². The van der Waals surface area contributed by atoms with E-state index in [0.29, 0.717) is 0 Å². The van der Waals surface area contributed by atoms with E-state index in [1.54, 1.807) is 12.4 Å². The highest BCUT2D eigenvalue weighted by Gasteiger charge is 2.16. The average Bonchev–Trinajstić information content (AvgIpc) is 2.74. The Labute approximate surface area is 128 Å². The summed E-state index contributed by atoms with van der Waals surface area (Å²) in [6.45, 7) is 2.84. The van der Waals surface area contributed by atoms with Gasteiger partial charge < -0.3 is 4.57 Å². The molecule has 0 saturated carbocycles. The van der Waals surface area contributed by atoms with Gasteiger partial charge >= 0.3 is 0 Å². The first kappa shape index (κ1) is 12.7. The Balaban J connectivity index is 2.37. The van der Waals surface area contributed by atoms with Gasteiger partial charge in [-0.05, 0) is 30.7 Å². The summed E-state index contributed by atoms with van der Waals surface area (Å²) in [5.74, 6) is 0. The van der Waals surface area contributed by atoms with E-state index in [1.165, 1.54) is 0 Å². The van der Waals surface area contributed by atoms with Crippen molar-refractivity contribution < 1.29 is 0 Å². The number of halogens is 2. The van der Waals surface area contributed by atoms with Crippen LogP contribution in [0.1, 0.15) is 6.92 Å². The van der Waals surface area contributed by atoms with E-state index >= 15 is 0 Å². The standard InChI is InChI=1S/C12H9ClIN5/c1-2-19-10-9(17-12(19)14)8(16-11(13)18-10)7-3-5-15-6-4-7/h3-6H,2H2,1H3. The molecular formula is C12H9ClIN5. The van der Waals surface area contributed by atoms with Crippen LogP contribution in [-0.2, 0) is 6.54 Å². The fourth-order valence-electron chi connectivity index (χ4n) is 1.94. The second-order valence-electron chi connectivity index (χ2n) is 3.87. The molecule has 0 N–H and O–H groups in total. The second kappa shape index (κ2) is 5.01. The summed E-state index contributed by atoms with van der Waals surface area (Å²) in [6.07, 6.45) is 3.44. The molecule has 0 aromatic carbocycles. The van der Waals surface area contributed by atoms with Crippen LogP contribution in [-0.4, -0.2) is 24.5 Å². The maximum atomic E-state index is 6.03. The molecule has 0 atom stereocenters. The van der Waals surface area contributed by atoms with Gasteiger partial charge in [0.05, 0.1) is 0 Å². The van der Waals surface area contributed by atoms with Crippen molar-refractivity contribution in [2.24, 2.45) is 0 Å². The number of fused-ring (bicyclic) bond motifs is 1. The summed E-state index contributed by atoms with van der Waals surface area (Å²) in [5, 5.41) is 0.227. The van der Waals surface area contributed by atoms with Crippen molar-refractivity contribution in [1.29, 1.82) is 0 Å². The molecule has 5 nitrogen and oxygen atoms in total. The Kier molecular flexibility index (Phi) is 3.36. The van der Waals surface area contributed by atoms with E-state index in [0.717, 1.165) is 32.8 Å². The molecule has 3 aromatic heterocycles. The van der Waals surface area contributed by atoms with Gasteiger partial charge in [-0.25, -0.2) is 9.97 Å². The minimum Gasteiger partial charge on any atom is -0.304 e. The molecule has 0 saturated heterocycles. The van der Waals surface area contributed by atoms with E-state index in [1.807, 2.05) is 23.6 Å². The zero-order valence-electron chi connectivity index (χ0n) is 10.0. The average molecular weight is 386 g/mol. The van der Waals surface area contributed by atoms with Gasteiger partial charge in [0.1, 0.15) is 11.2 Å². The van der Waals surface area contributed by atoms with E-state index < -0.39 is 0 Å². The Morgan fingerprint density at radius 3 is 2.63 bits per heavy atom. The largest absolute Gasteiger partial charge is 0.304 e. The predicted molar refractivity (Wildman–Crippen MR) is 82.0 cm³/mol. The van der Waals surface area contributed by atoms with Crippen LogP contribution >= 0.6 is 34.2 Å². The van der Waals surface area contributed by atoms with Crippen LogP contribution in [0.25, 0.3) is 22.4 Å². The number of pyridine rings is 1. The minimum absolute atomic E-state index is 0.227. The molecule has 0 bridgehead atoms. The normalized spacial score (nSPS) is 11.1. The summed E-state index contributed by atoms with van der Waals surface area (Å²) < 4.78 is 2.88. The first-order valence-corrected chi connectivity index (χ1v) is 7.16. The maximum absolute atomic E-state index is 6.03. The van der Waals surface area contributed by atoms with Gasteiger partial charge in [-0.1, -0.05) is 0 Å². The zero-order valence-corrected chi connectivity index (χ0v) is 12.9. The van der Waals surface area contributed by atoms with Crippen molar-refractivity contribution >= 4 is 45.4 Å². The van der Waals surface area contributed by atoms with E-state index in [-0.39, 0.29) is 5.28 Å². The summed E-state index contributed by atoms with van der Waals surface area (Å²) in [6, 6.07) is 3.77. The lowest BCUT2D eigenvalue weighted by Gasteiger charge is -2.03. The quantitative estimate of drug-likeness (QED) is 0.386. The van der Waals surface area contributed by atoms with Crippen molar-refractivity contribution in [1.82, 2.24) is 24.5 Å². The van der Waals surface area contributed by atoms with Gasteiger partial charge in [-0.2, -0.15) is 4.98 Å². The number of rotatable bonds is 2. The molecule has 3 aromatic rings. The van der Waals surface area contributed by atoms with Gasteiger partial charge in [0.15, 0.2) is 9.48 Å². The molecule has 0 unspecified atom stereocenters. The summed E-state index contributed by atoms with van der Waals surface area (Å²) in [5.41, 5.74) is 3.20. The topological polar surface area (TPSA) is 56.5 Å². The second-order valence-corrected chi connectivity index (χ2v) is 5.18. The molecule has 3 heterocycles. The fourth-order valence-corrected chi connectivity index (χ4v) is 2.91. The van der Waals surface area contributed by atoms with Crippen molar-refractivity contribution in [2.75, 3.05) is 0 Å². The number of aromatic nitrogens is 5. The molecule has 0 aliphatic carbocycles. The van der Waals surface area contributed by atoms with E-state index in [9.17, 15) is 0 Å². The highest BCUT2D eigenvalue weighted by atomic mass is 127. The van der Waals surface area contributed by atoms with Gasteiger partial charge in [0.25, 0.3) is 0 Å². The van der Waals surface area contributed by atoms with Crippen LogP contribution in [0.5, 0.6) is 0 Å². The highest BCUT2D eigenvalue weighted by Crippen LogP contribution is 2.27. The van der Waals surface area contributed by atoms with Crippen molar-refractivity contribution in [2.45, 2.75) is 13.5 Å². The molecule has 96 valence electrons. The first-order valence-electron chi connectivity index (χ1n) is 5.70. The Morgan fingerprint density at radius 2 is 1.95 bits per heavy atom. The number of aryl methyl sites for hydroxylation is 1. The minimum atomic E-state index is 0.227. The van der Waals surface area contributed by atoms with Gasteiger partial charge in [0.2, 0.25) is 5.28 Å². The third-order valence-corrected chi connectivity index (χ3v) is 3.78. The highest BCUT2D eigenvalue weighted by molar-refractivity contribution is 14.1. The third-order valence-electron chi connectivity index (χ3n) is 2.79. The zero-order chi connectivity index (χ0) is 13.4. The van der Waals surface area contributed by atoms with Crippen molar-refractivity contribution in [3.63, 3.8) is 0 Å². The number of imidazole rings is 1. The summed E-state index contributed by atoms with van der Waals surface area (Å²) in [7, 11) is 0. The van der Waals surface area contributed by atoms with Crippen molar-refractivity contribution in [3.8, 4) is 11.3 Å². The molecule has 0 radical (unpaired) electrons. The molecule has 0 aliphatic rings. The Bertz CT molecular complexity index is 741. The monoisotopic (exact) mass is 385 g/mol.